The van der Waals surface area contributed by atoms with Gasteiger partial charge in [0.05, 0.1) is 18.1 Å². The van der Waals surface area contributed by atoms with E-state index in [1.807, 2.05) is 12.1 Å². The van der Waals surface area contributed by atoms with E-state index in [0.29, 0.717) is 30.4 Å². The summed E-state index contributed by atoms with van der Waals surface area (Å²) in [4.78, 5) is 22.9. The van der Waals surface area contributed by atoms with Gasteiger partial charge in [0.1, 0.15) is 17.4 Å². The molecular formula is C19H18BrN3O4. The van der Waals surface area contributed by atoms with Crippen LogP contribution in [0.5, 0.6) is 11.8 Å². The maximum atomic E-state index is 12.9. The summed E-state index contributed by atoms with van der Waals surface area (Å²) in [5.41, 5.74) is 0.659. The van der Waals surface area contributed by atoms with E-state index in [4.69, 9.17) is 13.9 Å². The molecule has 3 aromatic rings. The fourth-order valence-electron chi connectivity index (χ4n) is 3.14. The number of rotatable bonds is 4. The lowest BCUT2D eigenvalue weighted by Gasteiger charge is -2.31. The van der Waals surface area contributed by atoms with E-state index in [9.17, 15) is 4.79 Å². The fourth-order valence-corrected chi connectivity index (χ4v) is 3.34. The molecule has 27 heavy (non-hydrogen) atoms. The molecule has 1 aliphatic rings. The van der Waals surface area contributed by atoms with Gasteiger partial charge in [-0.2, -0.15) is 0 Å². The van der Waals surface area contributed by atoms with Gasteiger partial charge in [-0.1, -0.05) is 0 Å². The molecule has 1 amide bonds. The summed E-state index contributed by atoms with van der Waals surface area (Å²) < 4.78 is 17.6. The fraction of sp³-hybridized carbons (Fsp3) is 0.316. The molecule has 1 fully saturated rings. The monoisotopic (exact) mass is 431 g/mol. The molecule has 0 spiro atoms. The number of carbonyl (C=O) groups is 1. The lowest BCUT2D eigenvalue weighted by atomic mass is 10.1. The van der Waals surface area contributed by atoms with Crippen LogP contribution in [0.1, 0.15) is 23.4 Å². The Kier molecular flexibility index (Phi) is 4.98. The average molecular weight is 432 g/mol. The molecule has 1 aromatic carbocycles. The van der Waals surface area contributed by atoms with Gasteiger partial charge in [-0.25, -0.2) is 9.97 Å². The molecule has 8 heteroatoms. The number of likely N-dealkylation sites (tertiary alicyclic amines) is 1. The Morgan fingerprint density at radius 3 is 2.89 bits per heavy atom. The van der Waals surface area contributed by atoms with Crippen LogP contribution in [0, 0.1) is 0 Å². The van der Waals surface area contributed by atoms with Gasteiger partial charge in [-0.05, 0) is 53.0 Å². The molecule has 2 aromatic heterocycles. The predicted molar refractivity (Wildman–Crippen MR) is 102 cm³/mol. The van der Waals surface area contributed by atoms with Crippen molar-refractivity contribution in [2.45, 2.75) is 18.9 Å². The van der Waals surface area contributed by atoms with Crippen LogP contribution in [-0.2, 0) is 0 Å². The van der Waals surface area contributed by atoms with E-state index in [0.717, 1.165) is 28.5 Å². The number of fused-ring (bicyclic) bond motifs is 1. The van der Waals surface area contributed by atoms with E-state index < -0.39 is 0 Å². The highest BCUT2D eigenvalue weighted by molar-refractivity contribution is 9.10. The largest absolute Gasteiger partial charge is 0.497 e. The van der Waals surface area contributed by atoms with Crippen molar-refractivity contribution >= 4 is 32.8 Å². The lowest BCUT2D eigenvalue weighted by molar-refractivity contribution is 0.0491. The van der Waals surface area contributed by atoms with Gasteiger partial charge < -0.3 is 18.8 Å². The number of hydrogen-bond donors (Lipinski definition) is 0. The van der Waals surface area contributed by atoms with Crippen molar-refractivity contribution in [2.24, 2.45) is 0 Å². The molecule has 7 nitrogen and oxygen atoms in total. The number of ether oxygens (including phenoxy) is 2. The number of nitrogens with zero attached hydrogens (tertiary/aromatic N) is 3. The van der Waals surface area contributed by atoms with Crippen molar-refractivity contribution in [1.29, 1.82) is 0 Å². The summed E-state index contributed by atoms with van der Waals surface area (Å²) in [6, 6.07) is 7.53. The third-order valence-corrected chi connectivity index (χ3v) is 4.88. The summed E-state index contributed by atoms with van der Waals surface area (Å²) in [5, 5.41) is 0.839. The number of methoxy groups -OCH3 is 1. The highest BCUT2D eigenvalue weighted by Crippen LogP contribution is 2.26. The van der Waals surface area contributed by atoms with Crippen molar-refractivity contribution in [3.05, 3.63) is 46.9 Å². The smallest absolute Gasteiger partial charge is 0.316 e. The Hall–Kier alpha value is -2.61. The van der Waals surface area contributed by atoms with Gasteiger partial charge in [-0.3, -0.25) is 4.79 Å². The van der Waals surface area contributed by atoms with Gasteiger partial charge in [0, 0.05) is 24.3 Å². The number of piperidine rings is 1. The van der Waals surface area contributed by atoms with Crippen LogP contribution in [0.2, 0.25) is 0 Å². The Morgan fingerprint density at radius 2 is 2.11 bits per heavy atom. The molecule has 4 rings (SSSR count). The van der Waals surface area contributed by atoms with E-state index in [2.05, 4.69) is 25.9 Å². The molecule has 1 unspecified atom stereocenters. The highest BCUT2D eigenvalue weighted by Gasteiger charge is 2.28. The number of amides is 1. The number of carbonyl (C=O) groups excluding carboxylic acids is 1. The first-order valence-corrected chi connectivity index (χ1v) is 9.43. The molecule has 1 atom stereocenters. The van der Waals surface area contributed by atoms with Crippen molar-refractivity contribution in [3.63, 3.8) is 0 Å². The zero-order valence-corrected chi connectivity index (χ0v) is 16.3. The standard InChI is InChI=1S/C19H18BrN3O4/c1-25-14-4-5-16-12(7-14)8-17(27-16)18(24)23-6-2-3-15(11-23)26-19-21-9-13(20)10-22-19/h4-5,7-10,15H,2-3,6,11H2,1H3. The third kappa shape index (κ3) is 3.90. The van der Waals surface area contributed by atoms with Crippen LogP contribution in [0.4, 0.5) is 0 Å². The van der Waals surface area contributed by atoms with Gasteiger partial charge >= 0.3 is 6.01 Å². The number of halogens is 1. The molecule has 1 aliphatic heterocycles. The Balaban J connectivity index is 1.47. The number of aromatic nitrogens is 2. The van der Waals surface area contributed by atoms with Gasteiger partial charge in [0.2, 0.25) is 0 Å². The van der Waals surface area contributed by atoms with Crippen LogP contribution in [0.3, 0.4) is 0 Å². The van der Waals surface area contributed by atoms with Gasteiger partial charge in [-0.15, -0.1) is 0 Å². The van der Waals surface area contributed by atoms with Crippen molar-refractivity contribution in [3.8, 4) is 11.8 Å². The second-order valence-corrected chi connectivity index (χ2v) is 7.25. The average Bonchev–Trinajstić information content (AvgIpc) is 3.12. The summed E-state index contributed by atoms with van der Waals surface area (Å²) in [5.74, 6) is 0.900. The van der Waals surface area contributed by atoms with Crippen LogP contribution in [0.25, 0.3) is 11.0 Å². The number of benzene rings is 1. The predicted octanol–water partition coefficient (Wildman–Crippen LogP) is 3.68. The molecule has 0 bridgehead atoms. The minimum Gasteiger partial charge on any atom is -0.497 e. The minimum absolute atomic E-state index is 0.143. The zero-order valence-electron chi connectivity index (χ0n) is 14.7. The second kappa shape index (κ2) is 7.56. The quantitative estimate of drug-likeness (QED) is 0.626. The van der Waals surface area contributed by atoms with Crippen LogP contribution in [0.15, 0.2) is 45.5 Å². The first-order valence-electron chi connectivity index (χ1n) is 8.63. The summed E-state index contributed by atoms with van der Waals surface area (Å²) >= 11 is 3.30. The Bertz CT molecular complexity index is 957. The van der Waals surface area contributed by atoms with Crippen LogP contribution in [-0.4, -0.2) is 47.1 Å². The number of furan rings is 1. The zero-order chi connectivity index (χ0) is 18.8. The molecule has 0 N–H and O–H groups in total. The topological polar surface area (TPSA) is 77.7 Å². The number of hydrogen-bond acceptors (Lipinski definition) is 6. The van der Waals surface area contributed by atoms with E-state index in [-0.39, 0.29) is 12.0 Å². The molecule has 0 radical (unpaired) electrons. The van der Waals surface area contributed by atoms with E-state index in [1.165, 1.54) is 0 Å². The molecule has 140 valence electrons. The normalized spacial score (nSPS) is 17.1. The highest BCUT2D eigenvalue weighted by atomic mass is 79.9. The first-order chi connectivity index (χ1) is 13.1. The Morgan fingerprint density at radius 1 is 1.30 bits per heavy atom. The van der Waals surface area contributed by atoms with Crippen LogP contribution < -0.4 is 9.47 Å². The molecular weight excluding hydrogens is 414 g/mol. The minimum atomic E-state index is -0.145. The van der Waals surface area contributed by atoms with E-state index >= 15 is 0 Å². The second-order valence-electron chi connectivity index (χ2n) is 6.33. The van der Waals surface area contributed by atoms with Crippen LogP contribution >= 0.6 is 15.9 Å². The van der Waals surface area contributed by atoms with Gasteiger partial charge in [0.15, 0.2) is 5.76 Å². The van der Waals surface area contributed by atoms with Crippen molar-refractivity contribution in [2.75, 3.05) is 20.2 Å². The maximum absolute atomic E-state index is 12.9. The molecule has 3 heterocycles. The van der Waals surface area contributed by atoms with Crippen molar-refractivity contribution in [1.82, 2.24) is 14.9 Å². The van der Waals surface area contributed by atoms with Gasteiger partial charge in [0.25, 0.3) is 5.91 Å². The lowest BCUT2D eigenvalue weighted by Crippen LogP contribution is -2.44. The molecule has 1 saturated heterocycles. The summed E-state index contributed by atoms with van der Waals surface area (Å²) in [7, 11) is 1.61. The summed E-state index contributed by atoms with van der Waals surface area (Å²) in [6.07, 6.45) is 4.82. The first kappa shape index (κ1) is 17.8. The van der Waals surface area contributed by atoms with Crippen molar-refractivity contribution < 1.29 is 18.7 Å². The maximum Gasteiger partial charge on any atom is 0.316 e. The molecule has 0 aliphatic carbocycles. The summed E-state index contributed by atoms with van der Waals surface area (Å²) in [6.45, 7) is 1.14. The third-order valence-electron chi connectivity index (χ3n) is 4.47. The van der Waals surface area contributed by atoms with E-state index in [1.54, 1.807) is 36.5 Å². The SMILES string of the molecule is COc1ccc2oc(C(=O)N3CCCC(Oc4ncc(Br)cn4)C3)cc2c1. The molecule has 0 saturated carbocycles. The Labute approximate surface area is 164 Å².